The number of H-pyrrole nitrogens is 1. The Labute approximate surface area is 125 Å². The molecule has 0 atom stereocenters. The van der Waals surface area contributed by atoms with E-state index in [1.165, 1.54) is 18.5 Å². The van der Waals surface area contributed by atoms with Crippen molar-refractivity contribution >= 4 is 11.6 Å². The van der Waals surface area contributed by atoms with Crippen molar-refractivity contribution in [2.45, 2.75) is 0 Å². The van der Waals surface area contributed by atoms with Gasteiger partial charge in [-0.15, -0.1) is 0 Å². The first-order valence-corrected chi connectivity index (χ1v) is 6.47. The Bertz CT molecular complexity index is 841. The summed E-state index contributed by atoms with van der Waals surface area (Å²) in [6, 6.07) is 11.7. The number of aromatic nitrogens is 4. The minimum Gasteiger partial charge on any atom is -0.319 e. The predicted molar refractivity (Wildman–Crippen MR) is 80.3 cm³/mol. The number of anilines is 1. The van der Waals surface area contributed by atoms with E-state index in [-0.39, 0.29) is 11.4 Å². The van der Waals surface area contributed by atoms with E-state index in [1.807, 2.05) is 6.07 Å². The zero-order chi connectivity index (χ0) is 15.4. The summed E-state index contributed by atoms with van der Waals surface area (Å²) in [6.45, 7) is 0. The summed E-state index contributed by atoms with van der Waals surface area (Å²) in [7, 11) is 0. The van der Waals surface area contributed by atoms with E-state index in [0.717, 1.165) is 0 Å². The van der Waals surface area contributed by atoms with Crippen molar-refractivity contribution in [3.63, 3.8) is 0 Å². The van der Waals surface area contributed by atoms with Crippen molar-refractivity contribution in [1.29, 1.82) is 0 Å². The molecule has 2 N–H and O–H groups in total. The lowest BCUT2D eigenvalue weighted by molar-refractivity contribution is 0.101. The molecule has 1 amide bonds. The lowest BCUT2D eigenvalue weighted by Crippen LogP contribution is -2.16. The van der Waals surface area contributed by atoms with Crippen LogP contribution in [0.25, 0.3) is 11.3 Å². The third-order valence-corrected chi connectivity index (χ3v) is 2.90. The Morgan fingerprint density at radius 1 is 1.00 bits per heavy atom. The molecule has 2 aromatic heterocycles. The van der Waals surface area contributed by atoms with Crippen molar-refractivity contribution in [2.24, 2.45) is 0 Å². The molecule has 0 aliphatic heterocycles. The van der Waals surface area contributed by atoms with Gasteiger partial charge in [0.2, 0.25) is 5.82 Å². The molecule has 0 aliphatic rings. The van der Waals surface area contributed by atoms with Gasteiger partial charge in [-0.2, -0.15) is 5.10 Å². The number of amides is 1. The van der Waals surface area contributed by atoms with E-state index in [4.69, 9.17) is 0 Å². The van der Waals surface area contributed by atoms with Crippen LogP contribution in [0.5, 0.6) is 0 Å². The molecule has 0 fully saturated rings. The Balaban J connectivity index is 1.93. The normalized spacial score (nSPS) is 10.2. The maximum atomic E-state index is 12.1. The van der Waals surface area contributed by atoms with Gasteiger partial charge in [0.1, 0.15) is 0 Å². The van der Waals surface area contributed by atoms with Crippen LogP contribution in [0.1, 0.15) is 10.6 Å². The van der Waals surface area contributed by atoms with Gasteiger partial charge in [-0.25, -0.2) is 15.1 Å². The van der Waals surface area contributed by atoms with Crippen LogP contribution in [0.4, 0.5) is 5.69 Å². The molecule has 3 rings (SSSR count). The van der Waals surface area contributed by atoms with Crippen LogP contribution >= 0.6 is 0 Å². The quantitative estimate of drug-likeness (QED) is 0.761. The Kier molecular flexibility index (Phi) is 3.69. The first-order chi connectivity index (χ1) is 10.7. The van der Waals surface area contributed by atoms with Crippen LogP contribution in [0.2, 0.25) is 0 Å². The van der Waals surface area contributed by atoms with E-state index >= 15 is 0 Å². The summed E-state index contributed by atoms with van der Waals surface area (Å²) in [5.74, 6) is -0.343. The topological polar surface area (TPSA) is 101 Å². The number of hydrogen-bond donors (Lipinski definition) is 2. The fourth-order valence-corrected chi connectivity index (χ4v) is 1.90. The van der Waals surface area contributed by atoms with Crippen molar-refractivity contribution in [2.75, 3.05) is 5.32 Å². The number of para-hydroxylation sites is 1. The molecule has 3 aromatic rings. The molecule has 1 aromatic carbocycles. The van der Waals surface area contributed by atoms with Crippen LogP contribution in [-0.4, -0.2) is 26.1 Å². The molecule has 0 saturated carbocycles. The molecule has 7 heteroatoms. The monoisotopic (exact) mass is 293 g/mol. The predicted octanol–water partition coefficient (Wildman–Crippen LogP) is 1.48. The second kappa shape index (κ2) is 5.96. The molecular formula is C15H11N5O2. The third-order valence-electron chi connectivity index (χ3n) is 2.90. The number of aromatic amines is 1. The summed E-state index contributed by atoms with van der Waals surface area (Å²) in [6.07, 6.45) is 2.99. The van der Waals surface area contributed by atoms with Gasteiger partial charge in [-0.1, -0.05) is 18.2 Å². The van der Waals surface area contributed by atoms with Gasteiger partial charge in [0.05, 0.1) is 11.4 Å². The largest absolute Gasteiger partial charge is 0.319 e. The van der Waals surface area contributed by atoms with Crippen LogP contribution in [0.15, 0.2) is 59.7 Å². The van der Waals surface area contributed by atoms with Crippen LogP contribution in [0.3, 0.4) is 0 Å². The van der Waals surface area contributed by atoms with Gasteiger partial charge in [0, 0.05) is 24.0 Å². The fraction of sp³-hybridized carbons (Fsp3) is 0. The second-order valence-corrected chi connectivity index (χ2v) is 4.38. The molecule has 0 radical (unpaired) electrons. The van der Waals surface area contributed by atoms with Crippen molar-refractivity contribution < 1.29 is 4.79 Å². The van der Waals surface area contributed by atoms with Gasteiger partial charge in [0.25, 0.3) is 11.5 Å². The van der Waals surface area contributed by atoms with E-state index in [0.29, 0.717) is 16.9 Å². The lowest BCUT2D eigenvalue weighted by Gasteiger charge is -2.09. The minimum atomic E-state index is -0.419. The Morgan fingerprint density at radius 3 is 2.50 bits per heavy atom. The summed E-state index contributed by atoms with van der Waals surface area (Å²) in [5.41, 5.74) is 1.50. The van der Waals surface area contributed by atoms with E-state index < -0.39 is 5.91 Å². The fourth-order valence-electron chi connectivity index (χ4n) is 1.90. The molecule has 0 unspecified atom stereocenters. The molecule has 7 nitrogen and oxygen atoms in total. The third kappa shape index (κ3) is 2.88. The number of nitrogens with zero attached hydrogens (tertiary/aromatic N) is 3. The van der Waals surface area contributed by atoms with Gasteiger partial charge >= 0.3 is 0 Å². The SMILES string of the molecule is O=C(Nc1ccccc1-c1ccc(=O)[nH]n1)c1ncccn1. The van der Waals surface area contributed by atoms with Gasteiger partial charge in [-0.05, 0) is 18.2 Å². The summed E-state index contributed by atoms with van der Waals surface area (Å²) in [4.78, 5) is 31.0. The number of hydrogen-bond acceptors (Lipinski definition) is 5. The average Bonchev–Trinajstić information content (AvgIpc) is 2.57. The zero-order valence-corrected chi connectivity index (χ0v) is 11.4. The minimum absolute atomic E-state index is 0.0757. The first-order valence-electron chi connectivity index (χ1n) is 6.47. The summed E-state index contributed by atoms with van der Waals surface area (Å²) < 4.78 is 0. The molecule has 0 aliphatic carbocycles. The highest BCUT2D eigenvalue weighted by atomic mass is 16.2. The highest BCUT2D eigenvalue weighted by molar-refractivity contribution is 6.03. The Morgan fingerprint density at radius 2 is 1.77 bits per heavy atom. The Hall–Kier alpha value is -3.35. The van der Waals surface area contributed by atoms with Crippen LogP contribution in [0, 0.1) is 0 Å². The van der Waals surface area contributed by atoms with E-state index in [2.05, 4.69) is 25.5 Å². The molecule has 0 saturated heterocycles. The van der Waals surface area contributed by atoms with E-state index in [1.54, 1.807) is 30.3 Å². The summed E-state index contributed by atoms with van der Waals surface area (Å²) >= 11 is 0. The number of carbonyl (C=O) groups excluding carboxylic acids is 1. The molecule has 0 spiro atoms. The van der Waals surface area contributed by atoms with Crippen LogP contribution < -0.4 is 10.9 Å². The molecule has 0 bridgehead atoms. The zero-order valence-electron chi connectivity index (χ0n) is 11.4. The van der Waals surface area contributed by atoms with Crippen molar-refractivity contribution in [1.82, 2.24) is 20.2 Å². The van der Waals surface area contributed by atoms with Crippen molar-refractivity contribution in [3.8, 4) is 11.3 Å². The average molecular weight is 293 g/mol. The van der Waals surface area contributed by atoms with Gasteiger partial charge in [-0.3, -0.25) is 9.59 Å². The lowest BCUT2D eigenvalue weighted by atomic mass is 10.1. The summed E-state index contributed by atoms with van der Waals surface area (Å²) in [5, 5.41) is 9.08. The molecule has 108 valence electrons. The standard InChI is InChI=1S/C15H11N5O2/c21-13-7-6-12(19-20-13)10-4-1-2-5-11(10)18-15(22)14-16-8-3-9-17-14/h1-9H,(H,18,22)(H,20,21). The number of rotatable bonds is 3. The number of nitrogens with one attached hydrogen (secondary N) is 2. The maximum Gasteiger partial charge on any atom is 0.293 e. The van der Waals surface area contributed by atoms with Crippen molar-refractivity contribution in [3.05, 3.63) is 71.0 Å². The van der Waals surface area contributed by atoms with Gasteiger partial charge < -0.3 is 5.32 Å². The molecule has 2 heterocycles. The molecular weight excluding hydrogens is 282 g/mol. The number of carbonyl (C=O) groups is 1. The highest BCUT2D eigenvalue weighted by Crippen LogP contribution is 2.25. The van der Waals surface area contributed by atoms with Crippen LogP contribution in [-0.2, 0) is 0 Å². The van der Waals surface area contributed by atoms with E-state index in [9.17, 15) is 9.59 Å². The van der Waals surface area contributed by atoms with Gasteiger partial charge in [0.15, 0.2) is 0 Å². The molecule has 22 heavy (non-hydrogen) atoms. The maximum absolute atomic E-state index is 12.1. The second-order valence-electron chi connectivity index (χ2n) is 4.38. The smallest absolute Gasteiger partial charge is 0.293 e. The highest BCUT2D eigenvalue weighted by Gasteiger charge is 2.12. The number of benzene rings is 1. The first kappa shape index (κ1) is 13.6.